The van der Waals surface area contributed by atoms with Crippen LogP contribution in [-0.2, 0) is 17.4 Å². The Morgan fingerprint density at radius 3 is 2.50 bits per heavy atom. The fraction of sp³-hybridized carbons (Fsp3) is 0.290. The number of carbonyl (C=O) groups excluding carboxylic acids is 1. The number of fused-ring (bicyclic) bond motifs is 1. The minimum atomic E-state index is -4.50. The first-order chi connectivity index (χ1) is 19.1. The summed E-state index contributed by atoms with van der Waals surface area (Å²) in [7, 11) is 3.39. The molecule has 3 aromatic rings. The summed E-state index contributed by atoms with van der Waals surface area (Å²) in [6.07, 6.45) is 2.23. The van der Waals surface area contributed by atoms with Gasteiger partial charge in [0.2, 0.25) is 5.91 Å². The Morgan fingerprint density at radius 1 is 1.07 bits per heavy atom. The van der Waals surface area contributed by atoms with Crippen LogP contribution in [-0.4, -0.2) is 54.7 Å². The zero-order chi connectivity index (χ0) is 28.7. The first kappa shape index (κ1) is 28.9. The van der Waals surface area contributed by atoms with E-state index in [1.165, 1.54) is 23.2 Å². The minimum Gasteiger partial charge on any atom is -0.508 e. The molecule has 1 heterocycles. The zero-order valence-electron chi connectivity index (χ0n) is 22.5. The number of rotatable bonds is 9. The fourth-order valence-corrected chi connectivity index (χ4v) is 4.59. The Kier molecular flexibility index (Phi) is 9.26. The molecule has 0 atom stereocenters. The summed E-state index contributed by atoms with van der Waals surface area (Å²) in [6.45, 7) is 1.57. The second-order valence-corrected chi connectivity index (χ2v) is 9.69. The van der Waals surface area contributed by atoms with Crippen molar-refractivity contribution in [2.75, 3.05) is 33.8 Å². The lowest BCUT2D eigenvalue weighted by Gasteiger charge is -2.17. The molecule has 1 amide bonds. The Labute approximate surface area is 231 Å². The van der Waals surface area contributed by atoms with Gasteiger partial charge < -0.3 is 20.1 Å². The van der Waals surface area contributed by atoms with Gasteiger partial charge in [0, 0.05) is 39.5 Å². The highest BCUT2D eigenvalue weighted by molar-refractivity contribution is 5.99. The number of halogens is 3. The summed E-state index contributed by atoms with van der Waals surface area (Å²) < 4.78 is 45.2. The standard InChI is InChI=1S/C31H32F3N3O3/c1-37(2)29(39)7-4-16-35-17-18-40-25-12-8-21(9-13-25)30-26(23-10-15-28(36-20-23)31(32,33)34)6-3-5-22-19-24(38)11-14-27(22)30/h4,7-15,19-20,35,38H,3,5-6,16-18H2,1-2H3/b7-4+. The quantitative estimate of drug-likeness (QED) is 0.263. The van der Waals surface area contributed by atoms with E-state index in [2.05, 4.69) is 10.3 Å². The zero-order valence-corrected chi connectivity index (χ0v) is 22.5. The van der Waals surface area contributed by atoms with Crippen LogP contribution in [0.15, 0.2) is 72.9 Å². The predicted octanol–water partition coefficient (Wildman–Crippen LogP) is 5.71. The van der Waals surface area contributed by atoms with Crippen molar-refractivity contribution in [2.24, 2.45) is 0 Å². The lowest BCUT2D eigenvalue weighted by Crippen LogP contribution is -2.22. The number of aromatic hydroxyl groups is 1. The van der Waals surface area contributed by atoms with Gasteiger partial charge in [-0.05, 0) is 83.0 Å². The molecular formula is C31H32F3N3O3. The van der Waals surface area contributed by atoms with E-state index in [9.17, 15) is 23.1 Å². The highest BCUT2D eigenvalue weighted by atomic mass is 19.4. The molecule has 210 valence electrons. The maximum absolute atomic E-state index is 13.1. The van der Waals surface area contributed by atoms with Gasteiger partial charge in [-0.25, -0.2) is 0 Å². The number of aryl methyl sites for hydroxylation is 1. The molecule has 0 fully saturated rings. The molecule has 0 saturated carbocycles. The number of amides is 1. The molecule has 1 aliphatic carbocycles. The third-order valence-corrected chi connectivity index (χ3v) is 6.59. The van der Waals surface area contributed by atoms with Gasteiger partial charge >= 0.3 is 6.18 Å². The second kappa shape index (κ2) is 12.8. The fourth-order valence-electron chi connectivity index (χ4n) is 4.59. The molecule has 40 heavy (non-hydrogen) atoms. The number of alkyl halides is 3. The number of likely N-dealkylation sites (N-methyl/N-ethyl adjacent to an activating group) is 1. The summed E-state index contributed by atoms with van der Waals surface area (Å²) in [5, 5.41) is 13.3. The molecule has 2 N–H and O–H groups in total. The molecule has 0 unspecified atom stereocenters. The Morgan fingerprint density at radius 2 is 1.82 bits per heavy atom. The second-order valence-electron chi connectivity index (χ2n) is 9.69. The SMILES string of the molecule is CN(C)C(=O)/C=C/CNCCOc1ccc(C2=C(c3ccc(C(F)(F)F)nc3)CCCc3cc(O)ccc32)cc1. The van der Waals surface area contributed by atoms with E-state index in [0.29, 0.717) is 37.4 Å². The maximum Gasteiger partial charge on any atom is 0.433 e. The first-order valence-electron chi connectivity index (χ1n) is 13.0. The van der Waals surface area contributed by atoms with Gasteiger partial charge in [-0.15, -0.1) is 0 Å². The van der Waals surface area contributed by atoms with Crippen LogP contribution >= 0.6 is 0 Å². The van der Waals surface area contributed by atoms with Crippen molar-refractivity contribution in [3.63, 3.8) is 0 Å². The molecule has 0 radical (unpaired) electrons. The number of nitrogens with one attached hydrogen (secondary N) is 1. The largest absolute Gasteiger partial charge is 0.508 e. The van der Waals surface area contributed by atoms with Crippen molar-refractivity contribution in [1.82, 2.24) is 15.2 Å². The summed E-state index contributed by atoms with van der Waals surface area (Å²) in [4.78, 5) is 16.7. The van der Waals surface area contributed by atoms with Gasteiger partial charge in [-0.3, -0.25) is 9.78 Å². The summed E-state index contributed by atoms with van der Waals surface area (Å²) in [6, 6.07) is 15.3. The van der Waals surface area contributed by atoms with Crippen molar-refractivity contribution in [1.29, 1.82) is 0 Å². The topological polar surface area (TPSA) is 74.7 Å². The molecule has 9 heteroatoms. The first-order valence-corrected chi connectivity index (χ1v) is 13.0. The lowest BCUT2D eigenvalue weighted by atomic mass is 9.88. The van der Waals surface area contributed by atoms with E-state index < -0.39 is 11.9 Å². The number of pyridine rings is 1. The number of phenolic OH excluding ortho intramolecular Hbond substituents is 1. The van der Waals surface area contributed by atoms with Crippen LogP contribution in [0.2, 0.25) is 0 Å². The highest BCUT2D eigenvalue weighted by Gasteiger charge is 2.32. The molecule has 1 aromatic heterocycles. The number of benzene rings is 2. The Balaban J connectivity index is 1.54. The van der Waals surface area contributed by atoms with Crippen LogP contribution in [0.3, 0.4) is 0 Å². The van der Waals surface area contributed by atoms with E-state index in [4.69, 9.17) is 4.74 Å². The number of ether oxygens (including phenoxy) is 1. The molecular weight excluding hydrogens is 519 g/mol. The van der Waals surface area contributed by atoms with Crippen LogP contribution in [0.4, 0.5) is 13.2 Å². The van der Waals surface area contributed by atoms with Crippen molar-refractivity contribution in [2.45, 2.75) is 25.4 Å². The van der Waals surface area contributed by atoms with Crippen molar-refractivity contribution >= 4 is 17.1 Å². The Hall–Kier alpha value is -4.11. The Bertz CT molecular complexity index is 1380. The van der Waals surface area contributed by atoms with Gasteiger partial charge in [0.05, 0.1) is 0 Å². The molecule has 1 aliphatic rings. The smallest absolute Gasteiger partial charge is 0.433 e. The molecule has 4 rings (SSSR count). The lowest BCUT2D eigenvalue weighted by molar-refractivity contribution is -0.141. The predicted molar refractivity (Wildman–Crippen MR) is 149 cm³/mol. The summed E-state index contributed by atoms with van der Waals surface area (Å²) >= 11 is 0. The summed E-state index contributed by atoms with van der Waals surface area (Å²) in [5.74, 6) is 0.788. The molecule has 6 nitrogen and oxygen atoms in total. The van der Waals surface area contributed by atoms with Crippen LogP contribution in [0.5, 0.6) is 11.5 Å². The van der Waals surface area contributed by atoms with Gasteiger partial charge in [0.15, 0.2) is 0 Å². The molecule has 0 spiro atoms. The number of phenols is 1. The number of carbonyl (C=O) groups is 1. The molecule has 2 aromatic carbocycles. The van der Waals surface area contributed by atoms with Gasteiger partial charge in [0.25, 0.3) is 0 Å². The maximum atomic E-state index is 13.1. The third-order valence-electron chi connectivity index (χ3n) is 6.59. The number of hydrogen-bond acceptors (Lipinski definition) is 5. The third kappa shape index (κ3) is 7.30. The van der Waals surface area contributed by atoms with E-state index in [-0.39, 0.29) is 11.7 Å². The van der Waals surface area contributed by atoms with E-state index in [1.54, 1.807) is 32.3 Å². The van der Waals surface area contributed by atoms with Gasteiger partial charge in [-0.1, -0.05) is 30.3 Å². The molecule has 0 saturated heterocycles. The summed E-state index contributed by atoms with van der Waals surface area (Å²) in [5.41, 5.74) is 4.33. The van der Waals surface area contributed by atoms with E-state index >= 15 is 0 Å². The number of allylic oxidation sites excluding steroid dienone is 1. The van der Waals surface area contributed by atoms with Gasteiger partial charge in [-0.2, -0.15) is 13.2 Å². The number of aromatic nitrogens is 1. The van der Waals surface area contributed by atoms with Crippen LogP contribution in [0, 0.1) is 0 Å². The highest BCUT2D eigenvalue weighted by Crippen LogP contribution is 2.41. The molecule has 0 aliphatic heterocycles. The van der Waals surface area contributed by atoms with Crippen LogP contribution in [0.25, 0.3) is 11.1 Å². The van der Waals surface area contributed by atoms with Crippen molar-refractivity contribution < 1.29 is 27.8 Å². The van der Waals surface area contributed by atoms with E-state index in [0.717, 1.165) is 46.7 Å². The monoisotopic (exact) mass is 551 g/mol. The molecule has 0 bridgehead atoms. The van der Waals surface area contributed by atoms with Crippen molar-refractivity contribution in [3.8, 4) is 11.5 Å². The average Bonchev–Trinajstić information content (AvgIpc) is 3.11. The number of hydrogen-bond donors (Lipinski definition) is 2. The number of nitrogens with zero attached hydrogens (tertiary/aromatic N) is 2. The van der Waals surface area contributed by atoms with Gasteiger partial charge in [0.1, 0.15) is 23.8 Å². The minimum absolute atomic E-state index is 0.0703. The van der Waals surface area contributed by atoms with Crippen LogP contribution < -0.4 is 10.1 Å². The van der Waals surface area contributed by atoms with Crippen LogP contribution in [0.1, 0.15) is 40.8 Å². The average molecular weight is 552 g/mol. The normalized spacial score (nSPS) is 13.7. The van der Waals surface area contributed by atoms with Crippen molar-refractivity contribution in [3.05, 3.63) is 101 Å². The van der Waals surface area contributed by atoms with E-state index in [1.807, 2.05) is 30.3 Å².